The van der Waals surface area contributed by atoms with E-state index < -0.39 is 22.0 Å². The quantitative estimate of drug-likeness (QED) is 0.666. The molecular weight excluding hydrogens is 358 g/mol. The fraction of sp³-hybridized carbons (Fsp3) is 0.412. The lowest BCUT2D eigenvalue weighted by atomic mass is 10.1. The normalized spacial score (nSPS) is 17.8. The molecule has 0 spiro atoms. The minimum Gasteiger partial charge on any atom is -0.480 e. The first-order valence-corrected chi connectivity index (χ1v) is 9.93. The van der Waals surface area contributed by atoms with Crippen molar-refractivity contribution < 1.29 is 23.1 Å². The lowest BCUT2D eigenvalue weighted by Gasteiger charge is -2.31. The standard InChI is InChI=1S/C17H21N3O5S/c21-17(22)16-9-14-15(19-12-18-14)10-20(16)26(23,24)8-4-7-25-11-13-5-2-1-3-6-13/h1-3,5-6,12,16H,4,7-11H2,(H,18,19)(H,21,22). The van der Waals surface area contributed by atoms with Crippen molar-refractivity contribution in [2.75, 3.05) is 12.4 Å². The molecule has 140 valence electrons. The molecule has 8 nitrogen and oxygen atoms in total. The molecule has 0 bridgehead atoms. The van der Waals surface area contributed by atoms with Crippen LogP contribution in [0.2, 0.25) is 0 Å². The number of benzene rings is 1. The maximum absolute atomic E-state index is 12.6. The van der Waals surface area contributed by atoms with E-state index in [1.807, 2.05) is 30.3 Å². The summed E-state index contributed by atoms with van der Waals surface area (Å²) < 4.78 is 31.8. The maximum Gasteiger partial charge on any atom is 0.322 e. The summed E-state index contributed by atoms with van der Waals surface area (Å²) in [6.07, 6.45) is 1.82. The second kappa shape index (κ2) is 7.98. The van der Waals surface area contributed by atoms with E-state index in [1.54, 1.807) is 0 Å². The molecule has 2 N–H and O–H groups in total. The molecule has 2 aromatic rings. The monoisotopic (exact) mass is 379 g/mol. The van der Waals surface area contributed by atoms with Crippen LogP contribution in [0.4, 0.5) is 0 Å². The van der Waals surface area contributed by atoms with Crippen LogP contribution in [0.1, 0.15) is 23.4 Å². The van der Waals surface area contributed by atoms with Gasteiger partial charge >= 0.3 is 5.97 Å². The highest BCUT2D eigenvalue weighted by Crippen LogP contribution is 2.24. The molecule has 9 heteroatoms. The molecule has 1 aromatic heterocycles. The van der Waals surface area contributed by atoms with Gasteiger partial charge in [0, 0.05) is 13.0 Å². The van der Waals surface area contributed by atoms with Gasteiger partial charge in [0.15, 0.2) is 0 Å². The van der Waals surface area contributed by atoms with Crippen molar-refractivity contribution in [2.45, 2.75) is 32.0 Å². The molecule has 0 saturated heterocycles. The predicted octanol–water partition coefficient (Wildman–Crippen LogP) is 1.16. The lowest BCUT2D eigenvalue weighted by Crippen LogP contribution is -2.49. The number of carboxylic acids is 1. The summed E-state index contributed by atoms with van der Waals surface area (Å²) in [5, 5.41) is 9.40. The van der Waals surface area contributed by atoms with Gasteiger partial charge in [-0.2, -0.15) is 4.31 Å². The van der Waals surface area contributed by atoms with Crippen molar-refractivity contribution in [3.63, 3.8) is 0 Å². The van der Waals surface area contributed by atoms with E-state index in [-0.39, 0.29) is 25.3 Å². The van der Waals surface area contributed by atoms with Gasteiger partial charge in [0.05, 0.1) is 36.6 Å². The fourth-order valence-electron chi connectivity index (χ4n) is 2.94. The molecule has 1 aromatic carbocycles. The summed E-state index contributed by atoms with van der Waals surface area (Å²) in [7, 11) is -3.72. The molecule has 0 radical (unpaired) electrons. The molecule has 0 aliphatic carbocycles. The Morgan fingerprint density at radius 1 is 1.35 bits per heavy atom. The summed E-state index contributed by atoms with van der Waals surface area (Å²) in [6.45, 7) is 0.703. The fourth-order valence-corrected chi connectivity index (χ4v) is 4.54. The molecule has 0 saturated carbocycles. The van der Waals surface area contributed by atoms with Crippen LogP contribution in [-0.2, 0) is 39.1 Å². The number of carboxylic acid groups (broad SMARTS) is 1. The van der Waals surface area contributed by atoms with Gasteiger partial charge in [-0.3, -0.25) is 4.79 Å². The number of hydrogen-bond donors (Lipinski definition) is 2. The van der Waals surface area contributed by atoms with E-state index in [0.717, 1.165) is 9.87 Å². The summed E-state index contributed by atoms with van der Waals surface area (Å²) in [5.41, 5.74) is 2.27. The summed E-state index contributed by atoms with van der Waals surface area (Å²) >= 11 is 0. The van der Waals surface area contributed by atoms with Crippen LogP contribution in [0.25, 0.3) is 0 Å². The molecule has 2 heterocycles. The Morgan fingerprint density at radius 3 is 2.85 bits per heavy atom. The van der Waals surface area contributed by atoms with Crippen molar-refractivity contribution in [1.82, 2.24) is 14.3 Å². The average Bonchev–Trinajstić information content (AvgIpc) is 3.08. The molecule has 26 heavy (non-hydrogen) atoms. The van der Waals surface area contributed by atoms with Crippen LogP contribution in [0.5, 0.6) is 0 Å². The second-order valence-electron chi connectivity index (χ2n) is 6.14. The zero-order valence-corrected chi connectivity index (χ0v) is 15.0. The first-order chi connectivity index (χ1) is 12.5. The average molecular weight is 379 g/mol. The van der Waals surface area contributed by atoms with Gasteiger partial charge in [-0.05, 0) is 12.0 Å². The lowest BCUT2D eigenvalue weighted by molar-refractivity contribution is -0.141. The van der Waals surface area contributed by atoms with Crippen LogP contribution in [0.3, 0.4) is 0 Å². The third-order valence-corrected chi connectivity index (χ3v) is 6.20. The van der Waals surface area contributed by atoms with Crippen LogP contribution in [0.15, 0.2) is 36.7 Å². The predicted molar refractivity (Wildman–Crippen MR) is 93.8 cm³/mol. The summed E-state index contributed by atoms with van der Waals surface area (Å²) in [6, 6.07) is 8.48. The minimum atomic E-state index is -3.72. The van der Waals surface area contributed by atoms with E-state index in [1.165, 1.54) is 6.33 Å². The molecule has 3 rings (SSSR count). The van der Waals surface area contributed by atoms with E-state index in [9.17, 15) is 18.3 Å². The zero-order valence-electron chi connectivity index (χ0n) is 14.2. The Labute approximate surface area is 151 Å². The summed E-state index contributed by atoms with van der Waals surface area (Å²) in [4.78, 5) is 18.4. The molecule has 1 aliphatic rings. The minimum absolute atomic E-state index is 0.000490. The third kappa shape index (κ3) is 4.29. The number of fused-ring (bicyclic) bond motifs is 1. The highest BCUT2D eigenvalue weighted by Gasteiger charge is 2.39. The van der Waals surface area contributed by atoms with Gasteiger partial charge in [0.1, 0.15) is 6.04 Å². The van der Waals surface area contributed by atoms with Crippen LogP contribution < -0.4 is 0 Å². The number of imidazole rings is 1. The molecule has 1 unspecified atom stereocenters. The number of nitrogens with one attached hydrogen (secondary N) is 1. The molecule has 1 aliphatic heterocycles. The zero-order chi connectivity index (χ0) is 18.6. The van der Waals surface area contributed by atoms with Crippen LogP contribution in [0, 0.1) is 0 Å². The van der Waals surface area contributed by atoms with Gasteiger partial charge < -0.3 is 14.8 Å². The highest BCUT2D eigenvalue weighted by atomic mass is 32.2. The number of aromatic nitrogens is 2. The molecule has 0 fully saturated rings. The summed E-state index contributed by atoms with van der Waals surface area (Å²) in [5.74, 6) is -1.32. The largest absolute Gasteiger partial charge is 0.480 e. The maximum atomic E-state index is 12.6. The van der Waals surface area contributed by atoms with Crippen molar-refractivity contribution in [2.24, 2.45) is 0 Å². The Morgan fingerprint density at radius 2 is 2.12 bits per heavy atom. The number of nitrogens with zero attached hydrogens (tertiary/aromatic N) is 2. The third-order valence-electron chi connectivity index (χ3n) is 4.30. The molecule has 1 atom stereocenters. The van der Waals surface area contributed by atoms with Crippen molar-refractivity contribution in [3.05, 3.63) is 53.6 Å². The molecular formula is C17H21N3O5S. The van der Waals surface area contributed by atoms with Crippen LogP contribution >= 0.6 is 0 Å². The Balaban J connectivity index is 1.55. The Kier molecular flexibility index (Phi) is 5.70. The smallest absolute Gasteiger partial charge is 0.322 e. The van der Waals surface area contributed by atoms with Crippen LogP contribution in [-0.4, -0.2) is 52.2 Å². The highest BCUT2D eigenvalue weighted by molar-refractivity contribution is 7.89. The SMILES string of the molecule is O=C(O)C1Cc2nc[nH]c2CN1S(=O)(=O)CCCOCc1ccccc1. The van der Waals surface area contributed by atoms with E-state index >= 15 is 0 Å². The number of aliphatic carboxylic acids is 1. The second-order valence-corrected chi connectivity index (χ2v) is 8.18. The number of H-pyrrole nitrogens is 1. The number of carbonyl (C=O) groups is 1. The Bertz CT molecular complexity index is 850. The van der Waals surface area contributed by atoms with Gasteiger partial charge in [-0.15, -0.1) is 0 Å². The number of rotatable bonds is 8. The van der Waals surface area contributed by atoms with Crippen molar-refractivity contribution >= 4 is 16.0 Å². The van der Waals surface area contributed by atoms with E-state index in [0.29, 0.717) is 24.4 Å². The van der Waals surface area contributed by atoms with E-state index in [4.69, 9.17) is 4.74 Å². The number of hydrogen-bond acceptors (Lipinski definition) is 5. The van der Waals surface area contributed by atoms with Gasteiger partial charge in [0.2, 0.25) is 10.0 Å². The molecule has 0 amide bonds. The number of sulfonamides is 1. The van der Waals surface area contributed by atoms with Gasteiger partial charge in [-0.1, -0.05) is 30.3 Å². The van der Waals surface area contributed by atoms with Crippen molar-refractivity contribution in [1.29, 1.82) is 0 Å². The topological polar surface area (TPSA) is 113 Å². The van der Waals surface area contributed by atoms with Gasteiger partial charge in [-0.25, -0.2) is 13.4 Å². The van der Waals surface area contributed by atoms with Gasteiger partial charge in [0.25, 0.3) is 0 Å². The number of aromatic amines is 1. The first-order valence-electron chi connectivity index (χ1n) is 8.32. The Hall–Kier alpha value is -2.23. The van der Waals surface area contributed by atoms with Crippen molar-refractivity contribution in [3.8, 4) is 0 Å². The van der Waals surface area contributed by atoms with E-state index in [2.05, 4.69) is 9.97 Å². The first kappa shape index (κ1) is 18.6. The number of ether oxygens (including phenoxy) is 1.